The van der Waals surface area contributed by atoms with Crippen molar-refractivity contribution in [3.8, 4) is 22.6 Å². The van der Waals surface area contributed by atoms with E-state index in [2.05, 4.69) is 20.8 Å². The molecule has 0 aliphatic heterocycles. The fraction of sp³-hybridized carbons (Fsp3) is 0.321. The number of carboxylic acids is 1. The molecule has 2 N–H and O–H groups in total. The molecule has 0 bridgehead atoms. The van der Waals surface area contributed by atoms with Crippen LogP contribution in [0.4, 0.5) is 4.39 Å². The lowest BCUT2D eigenvalue weighted by molar-refractivity contribution is -0.139. The molecule has 0 fully saturated rings. The maximum Gasteiger partial charge on any atom is 0.306 e. The molecule has 180 valence electrons. The molecular formula is C28H31FO5. The number of rotatable bonds is 9. The fourth-order valence-electron chi connectivity index (χ4n) is 3.82. The van der Waals surface area contributed by atoms with Gasteiger partial charge in [0.2, 0.25) is 0 Å². The number of ether oxygens (including phenoxy) is 2. The van der Waals surface area contributed by atoms with Gasteiger partial charge in [-0.25, -0.2) is 4.39 Å². The summed E-state index contributed by atoms with van der Waals surface area (Å²) >= 11 is 0. The highest BCUT2D eigenvalue weighted by molar-refractivity contribution is 5.70. The van der Waals surface area contributed by atoms with Crippen LogP contribution in [0.5, 0.6) is 11.5 Å². The van der Waals surface area contributed by atoms with Crippen LogP contribution in [0.1, 0.15) is 50.0 Å². The number of aliphatic hydroxyl groups is 1. The van der Waals surface area contributed by atoms with Crippen LogP contribution in [-0.4, -0.2) is 23.3 Å². The van der Waals surface area contributed by atoms with Gasteiger partial charge >= 0.3 is 5.97 Å². The number of carboxylic acid groups (broad SMARTS) is 1. The summed E-state index contributed by atoms with van der Waals surface area (Å²) in [5, 5.41) is 19.0. The van der Waals surface area contributed by atoms with Crippen molar-refractivity contribution in [1.29, 1.82) is 0 Å². The Kier molecular flexibility index (Phi) is 7.94. The number of halogens is 1. The Morgan fingerprint density at radius 3 is 2.44 bits per heavy atom. The van der Waals surface area contributed by atoms with E-state index in [9.17, 15) is 14.3 Å². The van der Waals surface area contributed by atoms with E-state index < -0.39 is 12.1 Å². The van der Waals surface area contributed by atoms with E-state index >= 15 is 0 Å². The first kappa shape index (κ1) is 25.2. The summed E-state index contributed by atoms with van der Waals surface area (Å²) in [6, 6.07) is 17.4. The van der Waals surface area contributed by atoms with Gasteiger partial charge < -0.3 is 19.7 Å². The average molecular weight is 467 g/mol. The van der Waals surface area contributed by atoms with E-state index in [0.29, 0.717) is 22.6 Å². The molecule has 0 saturated heterocycles. The van der Waals surface area contributed by atoms with Gasteiger partial charge in [0.1, 0.15) is 23.9 Å². The standard InChI is InChI=1S/C28H31FO5/c1-28(2,3)16-20-12-18(8-10-23(20)24-14-21(33-4)9-11-25(24)29)17-34-22-7-5-6-19(13-22)26(30)15-27(31)32/h5-14,26,30H,15-17H2,1-4H3,(H,31,32)/t26-/m1/s1. The smallest absolute Gasteiger partial charge is 0.306 e. The largest absolute Gasteiger partial charge is 0.497 e. The molecule has 0 spiro atoms. The summed E-state index contributed by atoms with van der Waals surface area (Å²) in [6.07, 6.45) is -0.734. The van der Waals surface area contributed by atoms with E-state index in [1.165, 1.54) is 6.07 Å². The first-order valence-electron chi connectivity index (χ1n) is 11.1. The van der Waals surface area contributed by atoms with Crippen LogP contribution in [0, 0.1) is 11.2 Å². The molecular weight excluding hydrogens is 435 g/mol. The Bertz CT molecular complexity index is 1150. The Balaban J connectivity index is 1.87. The monoisotopic (exact) mass is 466 g/mol. The predicted molar refractivity (Wildman–Crippen MR) is 130 cm³/mol. The van der Waals surface area contributed by atoms with E-state index in [4.69, 9.17) is 14.6 Å². The number of hydrogen-bond acceptors (Lipinski definition) is 4. The van der Waals surface area contributed by atoms with Crippen molar-refractivity contribution in [2.24, 2.45) is 5.41 Å². The van der Waals surface area contributed by atoms with Crippen LogP contribution in [0.25, 0.3) is 11.1 Å². The molecule has 0 radical (unpaired) electrons. The first-order chi connectivity index (χ1) is 16.1. The highest BCUT2D eigenvalue weighted by atomic mass is 19.1. The SMILES string of the molecule is COc1ccc(F)c(-c2ccc(COc3cccc([C@H](O)CC(=O)O)c3)cc2CC(C)(C)C)c1. The second kappa shape index (κ2) is 10.7. The minimum atomic E-state index is -1.10. The summed E-state index contributed by atoms with van der Waals surface area (Å²) in [5.41, 5.74) is 3.70. The molecule has 6 heteroatoms. The number of carbonyl (C=O) groups is 1. The minimum absolute atomic E-state index is 0.0157. The van der Waals surface area contributed by atoms with Crippen molar-refractivity contribution in [3.63, 3.8) is 0 Å². The Hall–Kier alpha value is -3.38. The molecule has 0 heterocycles. The summed E-state index contributed by atoms with van der Waals surface area (Å²) in [7, 11) is 1.56. The third kappa shape index (κ3) is 6.81. The topological polar surface area (TPSA) is 76.0 Å². The van der Waals surface area contributed by atoms with Gasteiger partial charge in [-0.2, -0.15) is 0 Å². The zero-order valence-electron chi connectivity index (χ0n) is 20.0. The van der Waals surface area contributed by atoms with Crippen LogP contribution in [-0.2, 0) is 17.8 Å². The van der Waals surface area contributed by atoms with E-state index in [0.717, 1.165) is 23.1 Å². The van der Waals surface area contributed by atoms with Crippen molar-refractivity contribution in [2.45, 2.75) is 46.3 Å². The van der Waals surface area contributed by atoms with E-state index in [1.807, 2.05) is 18.2 Å². The zero-order valence-corrected chi connectivity index (χ0v) is 20.0. The van der Waals surface area contributed by atoms with Crippen LogP contribution in [0.2, 0.25) is 0 Å². The lowest BCUT2D eigenvalue weighted by atomic mass is 9.84. The number of aliphatic carboxylic acids is 1. The van der Waals surface area contributed by atoms with Gasteiger partial charge in [0.05, 0.1) is 19.6 Å². The lowest BCUT2D eigenvalue weighted by Crippen LogP contribution is -2.11. The molecule has 3 aromatic carbocycles. The van der Waals surface area contributed by atoms with Gasteiger partial charge in [0.25, 0.3) is 0 Å². The van der Waals surface area contributed by atoms with Gasteiger partial charge in [0.15, 0.2) is 0 Å². The first-order valence-corrected chi connectivity index (χ1v) is 11.1. The van der Waals surface area contributed by atoms with Crippen LogP contribution >= 0.6 is 0 Å². The summed E-state index contributed by atoms with van der Waals surface area (Å²) in [5.74, 6) is -0.257. The lowest BCUT2D eigenvalue weighted by Gasteiger charge is -2.22. The van der Waals surface area contributed by atoms with Gasteiger partial charge in [-0.15, -0.1) is 0 Å². The number of benzene rings is 3. The van der Waals surface area contributed by atoms with Crippen molar-refractivity contribution in [3.05, 3.63) is 83.2 Å². The van der Waals surface area contributed by atoms with Gasteiger partial charge in [0, 0.05) is 5.56 Å². The Morgan fingerprint density at radius 2 is 1.76 bits per heavy atom. The molecule has 1 atom stereocenters. The molecule has 0 amide bonds. The molecule has 5 nitrogen and oxygen atoms in total. The Labute approximate surface area is 199 Å². The van der Waals surface area contributed by atoms with E-state index in [-0.39, 0.29) is 24.3 Å². The summed E-state index contributed by atoms with van der Waals surface area (Å²) in [6.45, 7) is 6.68. The fourth-order valence-corrected chi connectivity index (χ4v) is 3.82. The average Bonchev–Trinajstić information content (AvgIpc) is 2.77. The van der Waals surface area contributed by atoms with Gasteiger partial charge in [-0.05, 0) is 64.4 Å². The highest BCUT2D eigenvalue weighted by Crippen LogP contribution is 2.34. The minimum Gasteiger partial charge on any atom is -0.497 e. The summed E-state index contributed by atoms with van der Waals surface area (Å²) < 4.78 is 25.9. The maximum atomic E-state index is 14.7. The Morgan fingerprint density at radius 1 is 1.00 bits per heavy atom. The molecule has 3 rings (SSSR count). The van der Waals surface area contributed by atoms with Crippen molar-refractivity contribution < 1.29 is 28.9 Å². The molecule has 34 heavy (non-hydrogen) atoms. The second-order valence-corrected chi connectivity index (χ2v) is 9.55. The van der Waals surface area contributed by atoms with Gasteiger partial charge in [-0.1, -0.05) is 51.1 Å². The van der Waals surface area contributed by atoms with Crippen molar-refractivity contribution in [1.82, 2.24) is 0 Å². The third-order valence-corrected chi connectivity index (χ3v) is 5.37. The number of hydrogen-bond donors (Lipinski definition) is 2. The molecule has 0 unspecified atom stereocenters. The van der Waals surface area contributed by atoms with Crippen molar-refractivity contribution in [2.75, 3.05) is 7.11 Å². The quantitative estimate of drug-likeness (QED) is 0.394. The highest BCUT2D eigenvalue weighted by Gasteiger charge is 2.18. The van der Waals surface area contributed by atoms with Crippen LogP contribution in [0.15, 0.2) is 60.7 Å². The predicted octanol–water partition coefficient (Wildman–Crippen LogP) is 6.18. The zero-order chi connectivity index (χ0) is 24.9. The molecule has 0 saturated carbocycles. The molecule has 0 aliphatic carbocycles. The normalized spacial score (nSPS) is 12.3. The summed E-state index contributed by atoms with van der Waals surface area (Å²) in [4.78, 5) is 10.9. The molecule has 3 aromatic rings. The molecule has 0 aromatic heterocycles. The van der Waals surface area contributed by atoms with E-state index in [1.54, 1.807) is 43.5 Å². The number of methoxy groups -OCH3 is 1. The number of aliphatic hydroxyl groups excluding tert-OH is 1. The van der Waals surface area contributed by atoms with Crippen LogP contribution < -0.4 is 9.47 Å². The van der Waals surface area contributed by atoms with Crippen LogP contribution in [0.3, 0.4) is 0 Å². The second-order valence-electron chi connectivity index (χ2n) is 9.55. The van der Waals surface area contributed by atoms with Crippen molar-refractivity contribution >= 4 is 5.97 Å². The third-order valence-electron chi connectivity index (χ3n) is 5.37. The molecule has 0 aliphatic rings. The maximum absolute atomic E-state index is 14.7. The van der Waals surface area contributed by atoms with Gasteiger partial charge in [-0.3, -0.25) is 4.79 Å².